The van der Waals surface area contributed by atoms with Crippen LogP contribution in [0.2, 0.25) is 0 Å². The molecule has 0 spiro atoms. The van der Waals surface area contributed by atoms with E-state index in [-0.39, 0.29) is 25.7 Å². The van der Waals surface area contributed by atoms with Crippen molar-refractivity contribution in [2.75, 3.05) is 6.54 Å². The first-order chi connectivity index (χ1) is 16.3. The van der Waals surface area contributed by atoms with E-state index in [0.29, 0.717) is 19.4 Å². The largest absolute Gasteiger partial charge is 0.481 e. The van der Waals surface area contributed by atoms with Gasteiger partial charge in [0.15, 0.2) is 0 Å². The highest BCUT2D eigenvalue weighted by Crippen LogP contribution is 2.06. The number of carboxylic acid groups (broad SMARTS) is 2. The van der Waals surface area contributed by atoms with Crippen LogP contribution in [0.1, 0.15) is 51.9 Å². The number of nitrogens with two attached hydrogens (primary N) is 3. The molecule has 4 amide bonds. The summed E-state index contributed by atoms with van der Waals surface area (Å²) in [7, 11) is 0. The van der Waals surface area contributed by atoms with Gasteiger partial charge in [0, 0.05) is 12.8 Å². The number of aliphatic hydroxyl groups excluding tert-OH is 1. The minimum Gasteiger partial charge on any atom is -0.481 e. The minimum absolute atomic E-state index is 0.0542. The Morgan fingerprint density at radius 1 is 0.800 bits per heavy atom. The maximum atomic E-state index is 12.8. The van der Waals surface area contributed by atoms with Gasteiger partial charge in [-0.3, -0.25) is 24.0 Å². The fourth-order valence-corrected chi connectivity index (χ4v) is 2.91. The van der Waals surface area contributed by atoms with E-state index < -0.39 is 72.3 Å². The quantitative estimate of drug-likeness (QED) is 0.0825. The second-order valence-corrected chi connectivity index (χ2v) is 8.02. The van der Waals surface area contributed by atoms with Crippen LogP contribution in [-0.2, 0) is 28.8 Å². The number of primary amides is 1. The summed E-state index contributed by atoms with van der Waals surface area (Å²) in [6.45, 7) is 1.52. The zero-order valence-electron chi connectivity index (χ0n) is 19.6. The number of amides is 4. The SMILES string of the molecule is CC(O)C(NC(=O)C(N)CCC(N)=O)C(=O)NC(CCCCN)C(=O)NC(CCC(=O)O)C(=O)O. The molecule has 200 valence electrons. The van der Waals surface area contributed by atoms with Crippen molar-refractivity contribution in [3.8, 4) is 0 Å². The smallest absolute Gasteiger partial charge is 0.326 e. The lowest BCUT2D eigenvalue weighted by Crippen LogP contribution is -2.59. The molecule has 0 aliphatic heterocycles. The Morgan fingerprint density at radius 2 is 1.40 bits per heavy atom. The van der Waals surface area contributed by atoms with E-state index in [0.717, 1.165) is 0 Å². The van der Waals surface area contributed by atoms with E-state index in [2.05, 4.69) is 16.0 Å². The molecule has 0 rings (SSSR count). The van der Waals surface area contributed by atoms with Gasteiger partial charge < -0.3 is 48.5 Å². The molecule has 15 heteroatoms. The van der Waals surface area contributed by atoms with E-state index >= 15 is 0 Å². The molecule has 0 aliphatic carbocycles. The van der Waals surface area contributed by atoms with Crippen LogP contribution in [0.25, 0.3) is 0 Å². The van der Waals surface area contributed by atoms with Crippen LogP contribution in [0, 0.1) is 0 Å². The van der Waals surface area contributed by atoms with Crippen LogP contribution in [-0.4, -0.2) is 87.7 Å². The van der Waals surface area contributed by atoms with Gasteiger partial charge in [-0.25, -0.2) is 4.79 Å². The van der Waals surface area contributed by atoms with Gasteiger partial charge in [-0.05, 0) is 45.6 Å². The lowest BCUT2D eigenvalue weighted by Gasteiger charge is -2.26. The molecule has 35 heavy (non-hydrogen) atoms. The van der Waals surface area contributed by atoms with Crippen LogP contribution >= 0.6 is 0 Å². The standard InChI is InChI=1S/C20H36N6O9/c1-10(27)16(26-17(31)11(22)5-7-14(23)28)19(33)24-12(4-2-3-9-21)18(32)25-13(20(34)35)6-8-15(29)30/h10-13,16,27H,2-9,21-22H2,1H3,(H2,23,28)(H,24,33)(H,25,32)(H,26,31)(H,29,30)(H,34,35). The van der Waals surface area contributed by atoms with Crippen molar-refractivity contribution in [1.29, 1.82) is 0 Å². The number of hydrogen-bond acceptors (Lipinski definition) is 9. The number of carbonyl (C=O) groups excluding carboxylic acids is 4. The molecule has 0 saturated heterocycles. The van der Waals surface area contributed by atoms with Gasteiger partial charge in [-0.1, -0.05) is 0 Å². The summed E-state index contributed by atoms with van der Waals surface area (Å²) in [5.41, 5.74) is 16.1. The number of aliphatic hydroxyl groups is 1. The lowest BCUT2D eigenvalue weighted by molar-refractivity contribution is -0.143. The van der Waals surface area contributed by atoms with Crippen molar-refractivity contribution in [1.82, 2.24) is 16.0 Å². The normalized spacial score (nSPS) is 15.1. The van der Waals surface area contributed by atoms with Crippen LogP contribution < -0.4 is 33.2 Å². The molecule has 0 fully saturated rings. The second kappa shape index (κ2) is 16.3. The zero-order valence-corrected chi connectivity index (χ0v) is 19.6. The summed E-state index contributed by atoms with van der Waals surface area (Å²) in [6.07, 6.45) is -1.63. The fraction of sp³-hybridized carbons (Fsp3) is 0.700. The Labute approximate surface area is 202 Å². The topological polar surface area (TPSA) is 277 Å². The summed E-state index contributed by atoms with van der Waals surface area (Å²) in [4.78, 5) is 70.8. The summed E-state index contributed by atoms with van der Waals surface area (Å²) in [6, 6.07) is -5.48. The van der Waals surface area contributed by atoms with E-state index in [1.54, 1.807) is 0 Å². The first-order valence-corrected chi connectivity index (χ1v) is 11.1. The molecule has 5 atom stereocenters. The third-order valence-electron chi connectivity index (χ3n) is 4.94. The predicted octanol–water partition coefficient (Wildman–Crippen LogP) is -3.51. The Balaban J connectivity index is 5.43. The molecule has 0 aromatic rings. The third kappa shape index (κ3) is 13.2. The first kappa shape index (κ1) is 31.7. The first-order valence-electron chi connectivity index (χ1n) is 11.1. The number of nitrogens with one attached hydrogen (secondary N) is 3. The Hall–Kier alpha value is -3.30. The molecule has 15 nitrogen and oxygen atoms in total. The number of hydrogen-bond donors (Lipinski definition) is 9. The maximum absolute atomic E-state index is 12.8. The van der Waals surface area contributed by atoms with Gasteiger partial charge >= 0.3 is 11.9 Å². The predicted molar refractivity (Wildman–Crippen MR) is 121 cm³/mol. The van der Waals surface area contributed by atoms with Crippen molar-refractivity contribution < 1.29 is 44.1 Å². The highest BCUT2D eigenvalue weighted by molar-refractivity contribution is 5.94. The fourth-order valence-electron chi connectivity index (χ4n) is 2.91. The monoisotopic (exact) mass is 504 g/mol. The Kier molecular flexibility index (Phi) is 14.8. The summed E-state index contributed by atoms with van der Waals surface area (Å²) >= 11 is 0. The molecule has 0 aromatic carbocycles. The molecule has 0 heterocycles. The number of unbranched alkanes of at least 4 members (excludes halogenated alkanes) is 1. The third-order valence-corrected chi connectivity index (χ3v) is 4.94. The zero-order chi connectivity index (χ0) is 27.1. The molecule has 12 N–H and O–H groups in total. The summed E-state index contributed by atoms with van der Waals surface area (Å²) in [5.74, 6) is -6.04. The molecular formula is C20H36N6O9. The van der Waals surface area contributed by atoms with Crippen molar-refractivity contribution >= 4 is 35.6 Å². The number of carboxylic acids is 2. The molecular weight excluding hydrogens is 468 g/mol. The molecule has 0 aliphatic rings. The van der Waals surface area contributed by atoms with Gasteiger partial charge in [0.25, 0.3) is 0 Å². The van der Waals surface area contributed by atoms with E-state index in [1.807, 2.05) is 0 Å². The van der Waals surface area contributed by atoms with Gasteiger partial charge in [0.05, 0.1) is 12.1 Å². The second-order valence-electron chi connectivity index (χ2n) is 8.02. The van der Waals surface area contributed by atoms with E-state index in [4.69, 9.17) is 22.3 Å². The highest BCUT2D eigenvalue weighted by atomic mass is 16.4. The minimum atomic E-state index is -1.52. The van der Waals surface area contributed by atoms with Crippen LogP contribution in [0.5, 0.6) is 0 Å². The lowest BCUT2D eigenvalue weighted by atomic mass is 10.0. The highest BCUT2D eigenvalue weighted by Gasteiger charge is 2.32. The average Bonchev–Trinajstić information content (AvgIpc) is 2.76. The maximum Gasteiger partial charge on any atom is 0.326 e. The number of rotatable bonds is 18. The van der Waals surface area contributed by atoms with Crippen LogP contribution in [0.4, 0.5) is 0 Å². The molecule has 0 bridgehead atoms. The molecule has 0 radical (unpaired) electrons. The van der Waals surface area contributed by atoms with Crippen LogP contribution in [0.3, 0.4) is 0 Å². The Bertz CT molecular complexity index is 761. The molecule has 0 aromatic heterocycles. The van der Waals surface area contributed by atoms with Gasteiger partial charge in [0.2, 0.25) is 23.6 Å². The van der Waals surface area contributed by atoms with Crippen molar-refractivity contribution in [2.24, 2.45) is 17.2 Å². The van der Waals surface area contributed by atoms with Crippen molar-refractivity contribution in [3.05, 3.63) is 0 Å². The van der Waals surface area contributed by atoms with Gasteiger partial charge in [-0.2, -0.15) is 0 Å². The van der Waals surface area contributed by atoms with Crippen molar-refractivity contribution in [2.45, 2.75) is 82.1 Å². The van der Waals surface area contributed by atoms with Crippen LogP contribution in [0.15, 0.2) is 0 Å². The number of aliphatic carboxylic acids is 2. The average molecular weight is 505 g/mol. The summed E-state index contributed by atoms with van der Waals surface area (Å²) < 4.78 is 0. The molecule has 0 saturated carbocycles. The van der Waals surface area contributed by atoms with Gasteiger partial charge in [0.1, 0.15) is 18.1 Å². The number of carbonyl (C=O) groups is 6. The van der Waals surface area contributed by atoms with E-state index in [1.165, 1.54) is 6.92 Å². The van der Waals surface area contributed by atoms with Gasteiger partial charge in [-0.15, -0.1) is 0 Å². The van der Waals surface area contributed by atoms with E-state index in [9.17, 15) is 39.0 Å². The Morgan fingerprint density at radius 3 is 1.89 bits per heavy atom. The summed E-state index contributed by atoms with van der Waals surface area (Å²) in [5, 5.41) is 34.9. The van der Waals surface area contributed by atoms with Crippen molar-refractivity contribution in [3.63, 3.8) is 0 Å². The molecule has 5 unspecified atom stereocenters.